The van der Waals surface area contributed by atoms with Crippen molar-refractivity contribution in [3.05, 3.63) is 64.0 Å². The smallest absolute Gasteiger partial charge is 0.534 e. The molecule has 10 heteroatoms. The minimum atomic E-state index is -1.41. The minimum absolute atomic E-state index is 0.00812. The molecule has 7 N–H and O–H groups in total. The lowest BCUT2D eigenvalue weighted by molar-refractivity contribution is -0.120. The Hall–Kier alpha value is -2.95. The average molecular weight is 401 g/mol. The molecule has 1 aliphatic rings. The SMILES string of the molecule is NCc1cc(CC(=O)N[C@H]2Cc3cccc(C(=O)O)c3OB2O)cc(F)c1CN. The Morgan fingerprint density at radius 3 is 2.69 bits per heavy atom. The number of fused-ring (bicyclic) bond motifs is 1. The first kappa shape index (κ1) is 20.8. The molecular weight excluding hydrogens is 380 g/mol. The van der Waals surface area contributed by atoms with Crippen LogP contribution < -0.4 is 21.4 Å². The number of benzene rings is 2. The summed E-state index contributed by atoms with van der Waals surface area (Å²) >= 11 is 0. The third kappa shape index (κ3) is 4.39. The van der Waals surface area contributed by atoms with Crippen LogP contribution in [0.15, 0.2) is 30.3 Å². The molecule has 0 unspecified atom stereocenters. The van der Waals surface area contributed by atoms with Crippen LogP contribution in [0.3, 0.4) is 0 Å². The molecule has 1 heterocycles. The molecule has 29 heavy (non-hydrogen) atoms. The van der Waals surface area contributed by atoms with E-state index in [2.05, 4.69) is 5.32 Å². The maximum atomic E-state index is 14.2. The van der Waals surface area contributed by atoms with Crippen molar-refractivity contribution in [2.75, 3.05) is 0 Å². The lowest BCUT2D eigenvalue weighted by atomic mass is 9.72. The van der Waals surface area contributed by atoms with Gasteiger partial charge in [0.1, 0.15) is 11.6 Å². The summed E-state index contributed by atoms with van der Waals surface area (Å²) in [5.41, 5.74) is 12.9. The van der Waals surface area contributed by atoms with E-state index in [0.717, 1.165) is 0 Å². The predicted octanol–water partition coefficient (Wildman–Crippen LogP) is 0.123. The third-order valence-electron chi connectivity index (χ3n) is 4.83. The molecule has 2 aromatic rings. The molecule has 2 aromatic carbocycles. The van der Waals surface area contributed by atoms with Gasteiger partial charge in [0.25, 0.3) is 0 Å². The van der Waals surface area contributed by atoms with Gasteiger partial charge in [0.2, 0.25) is 5.91 Å². The zero-order valence-electron chi connectivity index (χ0n) is 15.5. The highest BCUT2D eigenvalue weighted by molar-refractivity contribution is 6.47. The molecule has 0 spiro atoms. The molecule has 0 saturated heterocycles. The van der Waals surface area contributed by atoms with Gasteiger partial charge in [-0.1, -0.05) is 18.2 Å². The number of aromatic carboxylic acids is 1. The zero-order valence-corrected chi connectivity index (χ0v) is 15.5. The zero-order chi connectivity index (χ0) is 21.1. The predicted molar refractivity (Wildman–Crippen MR) is 104 cm³/mol. The van der Waals surface area contributed by atoms with E-state index in [1.165, 1.54) is 12.1 Å². The van der Waals surface area contributed by atoms with E-state index in [9.17, 15) is 24.1 Å². The second kappa shape index (κ2) is 8.60. The van der Waals surface area contributed by atoms with Gasteiger partial charge in [0, 0.05) is 18.7 Å². The topological polar surface area (TPSA) is 148 Å². The molecule has 152 valence electrons. The van der Waals surface area contributed by atoms with Crippen molar-refractivity contribution in [2.24, 2.45) is 11.5 Å². The fourth-order valence-electron chi connectivity index (χ4n) is 3.43. The monoisotopic (exact) mass is 401 g/mol. The van der Waals surface area contributed by atoms with Crippen molar-refractivity contribution in [3.63, 3.8) is 0 Å². The summed E-state index contributed by atoms with van der Waals surface area (Å²) in [4.78, 5) is 23.7. The second-order valence-corrected chi connectivity index (χ2v) is 6.79. The first-order chi connectivity index (χ1) is 13.8. The van der Waals surface area contributed by atoms with Crippen molar-refractivity contribution >= 4 is 19.0 Å². The summed E-state index contributed by atoms with van der Waals surface area (Å²) < 4.78 is 19.5. The number of nitrogens with two attached hydrogens (primary N) is 2. The molecule has 1 aliphatic heterocycles. The first-order valence-electron chi connectivity index (χ1n) is 9.03. The summed E-state index contributed by atoms with van der Waals surface area (Å²) in [7, 11) is -1.41. The number of carboxylic acid groups (broad SMARTS) is 1. The van der Waals surface area contributed by atoms with Gasteiger partial charge in [0.05, 0.1) is 17.9 Å². The van der Waals surface area contributed by atoms with Gasteiger partial charge in [-0.3, -0.25) is 4.79 Å². The summed E-state index contributed by atoms with van der Waals surface area (Å²) in [5, 5.41) is 22.1. The van der Waals surface area contributed by atoms with Gasteiger partial charge in [-0.25, -0.2) is 9.18 Å². The van der Waals surface area contributed by atoms with Crippen LogP contribution >= 0.6 is 0 Å². The van der Waals surface area contributed by atoms with Crippen molar-refractivity contribution < 1.29 is 28.8 Å². The van der Waals surface area contributed by atoms with Gasteiger partial charge < -0.3 is 31.6 Å². The largest absolute Gasteiger partial charge is 0.547 e. The van der Waals surface area contributed by atoms with Gasteiger partial charge in [-0.2, -0.15) is 0 Å². The normalized spacial score (nSPS) is 15.4. The molecule has 0 fully saturated rings. The summed E-state index contributed by atoms with van der Waals surface area (Å²) in [6.07, 6.45) is 0.0674. The maximum Gasteiger partial charge on any atom is 0.547 e. The quantitative estimate of drug-likeness (QED) is 0.432. The molecular formula is C19H21BFN3O5. The van der Waals surface area contributed by atoms with E-state index < -0.39 is 30.8 Å². The van der Waals surface area contributed by atoms with Crippen molar-refractivity contribution in [1.82, 2.24) is 5.32 Å². The van der Waals surface area contributed by atoms with Crippen LogP contribution in [0.1, 0.15) is 32.6 Å². The van der Waals surface area contributed by atoms with Gasteiger partial charge in [-0.15, -0.1) is 0 Å². The van der Waals surface area contributed by atoms with E-state index in [0.29, 0.717) is 22.3 Å². The number of nitrogens with one attached hydrogen (secondary N) is 1. The highest BCUT2D eigenvalue weighted by atomic mass is 19.1. The van der Waals surface area contributed by atoms with Gasteiger partial charge in [0.15, 0.2) is 0 Å². The first-order valence-corrected chi connectivity index (χ1v) is 9.03. The fraction of sp³-hybridized carbons (Fsp3) is 0.263. The Morgan fingerprint density at radius 2 is 2.03 bits per heavy atom. The van der Waals surface area contributed by atoms with Crippen LogP contribution in [0.2, 0.25) is 0 Å². The minimum Gasteiger partial charge on any atom is -0.534 e. The summed E-state index contributed by atoms with van der Waals surface area (Å²) in [6.45, 7) is 0.102. The Labute approximate surface area is 166 Å². The number of halogens is 1. The maximum absolute atomic E-state index is 14.2. The number of carbonyl (C=O) groups excluding carboxylic acids is 1. The van der Waals surface area contributed by atoms with Crippen LogP contribution in [-0.2, 0) is 30.7 Å². The standard InChI is InChI=1S/C19H21BFN3O5/c21-15-5-10(4-12(8-22)14(15)9-23)6-17(25)24-16-7-11-2-1-3-13(19(26)27)18(11)29-20(16)28/h1-5,16,28H,6-9,22-23H2,(H,24,25)(H,26,27)/t16-/m0/s1. The van der Waals surface area contributed by atoms with Crippen molar-refractivity contribution in [1.29, 1.82) is 0 Å². The van der Waals surface area contributed by atoms with Crippen LogP contribution in [0.5, 0.6) is 5.75 Å². The van der Waals surface area contributed by atoms with Gasteiger partial charge in [-0.05, 0) is 35.2 Å². The van der Waals surface area contributed by atoms with Crippen molar-refractivity contribution in [3.8, 4) is 5.75 Å². The molecule has 0 bridgehead atoms. The van der Waals surface area contributed by atoms with E-state index in [-0.39, 0.29) is 37.2 Å². The number of carboxylic acids is 1. The third-order valence-corrected chi connectivity index (χ3v) is 4.83. The summed E-state index contributed by atoms with van der Waals surface area (Å²) in [5.74, 6) is -2.82. The van der Waals surface area contributed by atoms with Crippen LogP contribution in [0, 0.1) is 5.82 Å². The number of hydrogen-bond acceptors (Lipinski definition) is 6. The lowest BCUT2D eigenvalue weighted by Gasteiger charge is -2.29. The number of carbonyl (C=O) groups is 2. The number of para-hydroxylation sites is 1. The number of hydrogen-bond donors (Lipinski definition) is 5. The van der Waals surface area contributed by atoms with E-state index >= 15 is 0 Å². The van der Waals surface area contributed by atoms with E-state index in [4.69, 9.17) is 16.1 Å². The molecule has 0 radical (unpaired) electrons. The van der Waals surface area contributed by atoms with Crippen LogP contribution in [0.25, 0.3) is 0 Å². The Kier molecular flexibility index (Phi) is 6.16. The molecule has 3 rings (SSSR count). The molecule has 0 saturated carbocycles. The summed E-state index contributed by atoms with van der Waals surface area (Å²) in [6, 6.07) is 7.48. The molecule has 1 amide bonds. The lowest BCUT2D eigenvalue weighted by Crippen LogP contribution is -2.53. The Bertz CT molecular complexity index is 956. The van der Waals surface area contributed by atoms with Crippen molar-refractivity contribution in [2.45, 2.75) is 31.9 Å². The van der Waals surface area contributed by atoms with Crippen LogP contribution in [0.4, 0.5) is 4.39 Å². The van der Waals surface area contributed by atoms with Crippen LogP contribution in [-0.4, -0.2) is 35.1 Å². The number of rotatable bonds is 6. The highest BCUT2D eigenvalue weighted by Gasteiger charge is 2.37. The fourth-order valence-corrected chi connectivity index (χ4v) is 3.43. The van der Waals surface area contributed by atoms with E-state index in [1.54, 1.807) is 18.2 Å². The molecule has 0 aromatic heterocycles. The second-order valence-electron chi connectivity index (χ2n) is 6.79. The molecule has 8 nitrogen and oxygen atoms in total. The molecule has 1 atom stereocenters. The average Bonchev–Trinajstić information content (AvgIpc) is 2.67. The van der Waals surface area contributed by atoms with E-state index in [1.807, 2.05) is 0 Å². The highest BCUT2D eigenvalue weighted by Crippen LogP contribution is 2.30. The molecule has 0 aliphatic carbocycles. The number of amides is 1. The Morgan fingerprint density at radius 1 is 1.28 bits per heavy atom. The van der Waals surface area contributed by atoms with Gasteiger partial charge >= 0.3 is 13.1 Å². The Balaban J connectivity index is 1.73.